The highest BCUT2D eigenvalue weighted by atomic mass is 16.5. The Hall–Kier alpha value is -3.55. The molecule has 0 aliphatic rings. The summed E-state index contributed by atoms with van der Waals surface area (Å²) in [6.07, 6.45) is 0. The average Bonchev–Trinajstić information content (AvgIpc) is 2.64. The molecule has 0 aliphatic heterocycles. The van der Waals surface area contributed by atoms with Crippen LogP contribution in [0, 0.1) is 0 Å². The fraction of sp³-hybridized carbons (Fsp3) is 0.118. The molecule has 0 saturated carbocycles. The molecule has 2 aromatic rings. The predicted molar refractivity (Wildman–Crippen MR) is 89.1 cm³/mol. The SMILES string of the molecule is COc1cc(C(=O)NNC(=O)c2ccccc2)ccc1OCC(N)=O. The molecule has 2 aromatic carbocycles. The minimum absolute atomic E-state index is 0.233. The Kier molecular flexibility index (Phi) is 5.94. The van der Waals surface area contributed by atoms with Crippen LogP contribution in [0.1, 0.15) is 20.7 Å². The molecule has 130 valence electrons. The Morgan fingerprint density at radius 3 is 2.16 bits per heavy atom. The number of rotatable bonds is 6. The molecule has 0 saturated heterocycles. The number of nitrogens with one attached hydrogen (secondary N) is 2. The summed E-state index contributed by atoms with van der Waals surface area (Å²) in [7, 11) is 1.39. The second-order valence-electron chi connectivity index (χ2n) is 4.89. The van der Waals surface area contributed by atoms with Crippen LogP contribution >= 0.6 is 0 Å². The van der Waals surface area contributed by atoms with Crippen molar-refractivity contribution in [1.29, 1.82) is 0 Å². The molecular weight excluding hydrogens is 326 g/mol. The Morgan fingerprint density at radius 1 is 0.920 bits per heavy atom. The van der Waals surface area contributed by atoms with Crippen LogP contribution in [-0.2, 0) is 4.79 Å². The number of hydrogen-bond donors (Lipinski definition) is 3. The third-order valence-electron chi connectivity index (χ3n) is 3.12. The molecule has 25 heavy (non-hydrogen) atoms. The van der Waals surface area contributed by atoms with Gasteiger partial charge in [-0.1, -0.05) is 18.2 Å². The quantitative estimate of drug-likeness (QED) is 0.665. The van der Waals surface area contributed by atoms with Crippen molar-refractivity contribution in [2.24, 2.45) is 5.73 Å². The van der Waals surface area contributed by atoms with E-state index in [0.29, 0.717) is 5.56 Å². The normalized spacial score (nSPS) is 9.80. The minimum Gasteiger partial charge on any atom is -0.493 e. The highest BCUT2D eigenvalue weighted by Crippen LogP contribution is 2.27. The van der Waals surface area contributed by atoms with E-state index in [1.54, 1.807) is 30.3 Å². The number of hydrazine groups is 1. The van der Waals surface area contributed by atoms with Gasteiger partial charge in [0, 0.05) is 11.1 Å². The van der Waals surface area contributed by atoms with Gasteiger partial charge in [0.15, 0.2) is 18.1 Å². The summed E-state index contributed by atoms with van der Waals surface area (Å²) in [5.74, 6) is -1.09. The molecule has 0 aliphatic carbocycles. The summed E-state index contributed by atoms with van der Waals surface area (Å²) in [6, 6.07) is 12.8. The Bertz CT molecular complexity index is 777. The zero-order valence-electron chi connectivity index (χ0n) is 13.4. The zero-order valence-corrected chi connectivity index (χ0v) is 13.4. The van der Waals surface area contributed by atoms with Crippen LogP contribution in [0.4, 0.5) is 0 Å². The molecule has 0 aromatic heterocycles. The van der Waals surface area contributed by atoms with Crippen LogP contribution in [-0.4, -0.2) is 31.4 Å². The number of primary amides is 1. The average molecular weight is 343 g/mol. The second-order valence-corrected chi connectivity index (χ2v) is 4.89. The summed E-state index contributed by atoms with van der Waals surface area (Å²) in [5, 5.41) is 0. The largest absolute Gasteiger partial charge is 0.493 e. The van der Waals surface area contributed by atoms with Crippen LogP contribution in [0.15, 0.2) is 48.5 Å². The van der Waals surface area contributed by atoms with E-state index in [2.05, 4.69) is 10.9 Å². The third-order valence-corrected chi connectivity index (χ3v) is 3.12. The minimum atomic E-state index is -0.632. The van der Waals surface area contributed by atoms with Crippen molar-refractivity contribution in [3.8, 4) is 11.5 Å². The first kappa shape index (κ1) is 17.8. The molecule has 4 N–H and O–H groups in total. The molecule has 0 atom stereocenters. The lowest BCUT2D eigenvalue weighted by Crippen LogP contribution is -2.41. The molecule has 0 unspecified atom stereocenters. The van der Waals surface area contributed by atoms with Crippen LogP contribution in [0.25, 0.3) is 0 Å². The summed E-state index contributed by atoms with van der Waals surface area (Å²) < 4.78 is 10.3. The first-order chi connectivity index (χ1) is 12.0. The van der Waals surface area contributed by atoms with Crippen LogP contribution in [0.2, 0.25) is 0 Å². The molecule has 3 amide bonds. The third kappa shape index (κ3) is 4.96. The smallest absolute Gasteiger partial charge is 0.269 e. The van der Waals surface area contributed by atoms with Gasteiger partial charge in [-0.25, -0.2) is 0 Å². The van der Waals surface area contributed by atoms with Gasteiger partial charge in [0.1, 0.15) is 0 Å². The Balaban J connectivity index is 2.01. The van der Waals surface area contributed by atoms with E-state index in [0.717, 1.165) is 0 Å². The van der Waals surface area contributed by atoms with Gasteiger partial charge in [0.2, 0.25) is 0 Å². The van der Waals surface area contributed by atoms with Gasteiger partial charge in [-0.15, -0.1) is 0 Å². The highest BCUT2D eigenvalue weighted by Gasteiger charge is 2.13. The van der Waals surface area contributed by atoms with Crippen LogP contribution < -0.4 is 26.1 Å². The first-order valence-corrected chi connectivity index (χ1v) is 7.26. The standard InChI is InChI=1S/C17H17N3O5/c1-24-14-9-12(7-8-13(14)25-10-15(18)21)17(23)20-19-16(22)11-5-3-2-4-6-11/h2-9H,10H2,1H3,(H2,18,21)(H,19,22)(H,20,23). The van der Waals surface area contributed by atoms with E-state index < -0.39 is 17.7 Å². The van der Waals surface area contributed by atoms with Crippen molar-refractivity contribution in [1.82, 2.24) is 10.9 Å². The molecule has 2 rings (SSSR count). The summed E-state index contributed by atoms with van der Waals surface area (Å²) in [4.78, 5) is 34.8. The van der Waals surface area contributed by atoms with Crippen molar-refractivity contribution < 1.29 is 23.9 Å². The fourth-order valence-electron chi connectivity index (χ4n) is 1.92. The maximum absolute atomic E-state index is 12.1. The number of ether oxygens (including phenoxy) is 2. The van der Waals surface area contributed by atoms with E-state index >= 15 is 0 Å². The molecule has 0 spiro atoms. The molecule has 0 bridgehead atoms. The zero-order chi connectivity index (χ0) is 18.2. The second kappa shape index (κ2) is 8.34. The van der Waals surface area contributed by atoms with Crippen molar-refractivity contribution in [3.63, 3.8) is 0 Å². The number of hydrogen-bond acceptors (Lipinski definition) is 5. The Labute approximate surface area is 143 Å². The topological polar surface area (TPSA) is 120 Å². The van der Waals surface area contributed by atoms with Crippen molar-refractivity contribution in [3.05, 3.63) is 59.7 Å². The summed E-state index contributed by atoms with van der Waals surface area (Å²) in [6.45, 7) is -0.310. The van der Waals surface area contributed by atoms with E-state index in [9.17, 15) is 14.4 Å². The lowest BCUT2D eigenvalue weighted by atomic mass is 10.2. The molecule has 8 heteroatoms. The molecule has 0 heterocycles. The van der Waals surface area contributed by atoms with Gasteiger partial charge in [-0.2, -0.15) is 0 Å². The molecule has 0 fully saturated rings. The first-order valence-electron chi connectivity index (χ1n) is 7.26. The van der Waals surface area contributed by atoms with Crippen molar-refractivity contribution in [2.75, 3.05) is 13.7 Å². The van der Waals surface area contributed by atoms with E-state index in [1.165, 1.54) is 25.3 Å². The Morgan fingerprint density at radius 2 is 1.56 bits per heavy atom. The number of nitrogens with two attached hydrogens (primary N) is 1. The van der Waals surface area contributed by atoms with Gasteiger partial charge < -0.3 is 15.2 Å². The van der Waals surface area contributed by atoms with Crippen molar-refractivity contribution >= 4 is 17.7 Å². The number of carbonyl (C=O) groups excluding carboxylic acids is 3. The fourth-order valence-corrected chi connectivity index (χ4v) is 1.92. The van der Waals surface area contributed by atoms with Gasteiger partial charge in [-0.3, -0.25) is 25.2 Å². The number of carbonyl (C=O) groups is 3. The molecule has 0 radical (unpaired) electrons. The highest BCUT2D eigenvalue weighted by molar-refractivity contribution is 5.99. The maximum Gasteiger partial charge on any atom is 0.269 e. The monoisotopic (exact) mass is 343 g/mol. The van der Waals surface area contributed by atoms with E-state index in [1.807, 2.05) is 0 Å². The summed E-state index contributed by atoms with van der Waals surface area (Å²) in [5.41, 5.74) is 10.3. The van der Waals surface area contributed by atoms with Crippen LogP contribution in [0.3, 0.4) is 0 Å². The maximum atomic E-state index is 12.1. The van der Waals surface area contributed by atoms with Gasteiger partial charge >= 0.3 is 0 Å². The lowest BCUT2D eigenvalue weighted by Gasteiger charge is -2.12. The van der Waals surface area contributed by atoms with Crippen molar-refractivity contribution in [2.45, 2.75) is 0 Å². The van der Waals surface area contributed by atoms with Gasteiger partial charge in [-0.05, 0) is 30.3 Å². The lowest BCUT2D eigenvalue weighted by molar-refractivity contribution is -0.119. The molecule has 8 nitrogen and oxygen atoms in total. The number of benzene rings is 2. The van der Waals surface area contributed by atoms with Gasteiger partial charge in [0.05, 0.1) is 7.11 Å². The molecular formula is C17H17N3O5. The predicted octanol–water partition coefficient (Wildman–Crippen LogP) is 0.634. The number of amides is 3. The van der Waals surface area contributed by atoms with Crippen LogP contribution in [0.5, 0.6) is 11.5 Å². The van der Waals surface area contributed by atoms with Gasteiger partial charge in [0.25, 0.3) is 17.7 Å². The van der Waals surface area contributed by atoms with E-state index in [-0.39, 0.29) is 23.7 Å². The number of methoxy groups -OCH3 is 1. The van der Waals surface area contributed by atoms with E-state index in [4.69, 9.17) is 15.2 Å². The summed E-state index contributed by atoms with van der Waals surface area (Å²) >= 11 is 0.